The molecule has 1 N–H and O–H groups in total. The molecule has 3 aromatic rings. The van der Waals surface area contributed by atoms with Gasteiger partial charge in [0.05, 0.1) is 28.5 Å². The van der Waals surface area contributed by atoms with E-state index in [0.717, 1.165) is 22.3 Å². The molecule has 0 fully saturated rings. The van der Waals surface area contributed by atoms with E-state index < -0.39 is 0 Å². The van der Waals surface area contributed by atoms with Crippen molar-refractivity contribution in [2.24, 2.45) is 0 Å². The first kappa shape index (κ1) is 13.8. The summed E-state index contributed by atoms with van der Waals surface area (Å²) >= 11 is 6.16. The quantitative estimate of drug-likeness (QED) is 0.768. The Bertz CT molecular complexity index is 774. The largest absolute Gasteiger partial charge is 0.376 e. The molecule has 5 heteroatoms. The molecule has 0 radical (unpaired) electrons. The predicted octanol–water partition coefficient (Wildman–Crippen LogP) is 4.60. The molecule has 0 spiro atoms. The third-order valence-electron chi connectivity index (χ3n) is 3.29. The van der Waals surface area contributed by atoms with Crippen LogP contribution in [-0.4, -0.2) is 9.97 Å². The Morgan fingerprint density at radius 1 is 1.14 bits per heavy atom. The molecule has 0 aliphatic rings. The van der Waals surface area contributed by atoms with Crippen LogP contribution in [0, 0.1) is 5.82 Å². The van der Waals surface area contributed by atoms with E-state index in [1.165, 1.54) is 12.3 Å². The Morgan fingerprint density at radius 3 is 2.76 bits per heavy atom. The van der Waals surface area contributed by atoms with Crippen molar-refractivity contribution < 1.29 is 4.39 Å². The van der Waals surface area contributed by atoms with Gasteiger partial charge in [0.2, 0.25) is 0 Å². The van der Waals surface area contributed by atoms with Crippen LogP contribution in [0.5, 0.6) is 0 Å². The molecule has 21 heavy (non-hydrogen) atoms. The van der Waals surface area contributed by atoms with Gasteiger partial charge in [-0.3, -0.25) is 9.97 Å². The van der Waals surface area contributed by atoms with Crippen molar-refractivity contribution in [1.29, 1.82) is 0 Å². The van der Waals surface area contributed by atoms with E-state index >= 15 is 0 Å². The second-order valence-corrected chi connectivity index (χ2v) is 5.17. The number of aromatic nitrogens is 2. The molecule has 106 valence electrons. The highest BCUT2D eigenvalue weighted by Gasteiger charge is 2.10. The van der Waals surface area contributed by atoms with Crippen molar-refractivity contribution in [2.75, 3.05) is 5.32 Å². The fourth-order valence-electron chi connectivity index (χ4n) is 2.21. The molecule has 2 aromatic heterocycles. The van der Waals surface area contributed by atoms with E-state index in [4.69, 9.17) is 11.6 Å². The summed E-state index contributed by atoms with van der Waals surface area (Å²) in [5, 5.41) is 4.92. The monoisotopic (exact) mass is 301 g/mol. The van der Waals surface area contributed by atoms with Crippen LogP contribution >= 0.6 is 11.6 Å². The molecular formula is C16H13ClFN3. The molecule has 0 saturated carbocycles. The number of hydrogen-bond acceptors (Lipinski definition) is 3. The number of fused-ring (bicyclic) bond motifs is 1. The first-order valence-electron chi connectivity index (χ1n) is 6.56. The molecule has 0 aliphatic carbocycles. The lowest BCUT2D eigenvalue weighted by atomic mass is 10.1. The second-order valence-electron chi connectivity index (χ2n) is 4.76. The fourth-order valence-corrected chi connectivity index (χ4v) is 2.43. The smallest absolute Gasteiger partial charge is 0.141 e. The Kier molecular flexibility index (Phi) is 3.71. The van der Waals surface area contributed by atoms with Crippen molar-refractivity contribution in [3.8, 4) is 0 Å². The Morgan fingerprint density at radius 2 is 2.00 bits per heavy atom. The average Bonchev–Trinajstić information content (AvgIpc) is 2.51. The second kappa shape index (κ2) is 5.66. The predicted molar refractivity (Wildman–Crippen MR) is 83.0 cm³/mol. The maximum Gasteiger partial charge on any atom is 0.141 e. The van der Waals surface area contributed by atoms with Gasteiger partial charge >= 0.3 is 0 Å². The van der Waals surface area contributed by atoms with E-state index in [2.05, 4.69) is 15.3 Å². The highest BCUT2D eigenvalue weighted by Crippen LogP contribution is 2.30. The molecule has 0 aliphatic heterocycles. The molecule has 0 amide bonds. The molecule has 3 nitrogen and oxygen atoms in total. The van der Waals surface area contributed by atoms with Crippen LogP contribution in [0.3, 0.4) is 0 Å². The van der Waals surface area contributed by atoms with Crippen LogP contribution in [0.2, 0.25) is 5.02 Å². The van der Waals surface area contributed by atoms with Crippen LogP contribution in [0.25, 0.3) is 10.9 Å². The van der Waals surface area contributed by atoms with Crippen LogP contribution in [-0.2, 0) is 0 Å². The van der Waals surface area contributed by atoms with Gasteiger partial charge in [-0.05, 0) is 43.3 Å². The van der Waals surface area contributed by atoms with E-state index in [-0.39, 0.29) is 11.9 Å². The molecule has 0 bridgehead atoms. The summed E-state index contributed by atoms with van der Waals surface area (Å²) in [5.74, 6) is -0.341. The molecular weight excluding hydrogens is 289 g/mol. The van der Waals surface area contributed by atoms with Gasteiger partial charge in [-0.1, -0.05) is 11.6 Å². The average molecular weight is 302 g/mol. The number of benzene rings is 1. The third kappa shape index (κ3) is 2.81. The maximum atomic E-state index is 12.9. The number of anilines is 1. The van der Waals surface area contributed by atoms with Gasteiger partial charge < -0.3 is 5.32 Å². The van der Waals surface area contributed by atoms with E-state index in [1.54, 1.807) is 12.3 Å². The van der Waals surface area contributed by atoms with Gasteiger partial charge in [-0.15, -0.1) is 0 Å². The number of nitrogens with zero attached hydrogens (tertiary/aromatic N) is 2. The van der Waals surface area contributed by atoms with Gasteiger partial charge in [0.25, 0.3) is 0 Å². The minimum atomic E-state index is -0.341. The summed E-state index contributed by atoms with van der Waals surface area (Å²) in [6.45, 7) is 1.97. The zero-order valence-corrected chi connectivity index (χ0v) is 12.1. The van der Waals surface area contributed by atoms with Crippen molar-refractivity contribution in [3.63, 3.8) is 0 Å². The lowest BCUT2D eigenvalue weighted by Gasteiger charge is -2.16. The summed E-state index contributed by atoms with van der Waals surface area (Å²) in [6, 6.07) is 10.6. The van der Waals surface area contributed by atoms with Crippen LogP contribution in [0.1, 0.15) is 18.7 Å². The lowest BCUT2D eigenvalue weighted by molar-refractivity contribution is 0.617. The first-order chi connectivity index (χ1) is 10.1. The highest BCUT2D eigenvalue weighted by molar-refractivity contribution is 6.35. The summed E-state index contributed by atoms with van der Waals surface area (Å²) in [7, 11) is 0. The standard InChI is InChI=1S/C16H13ClFN3/c1-10(14-6-4-11(18)9-20-14)21-15-7-5-13(17)16-12(15)3-2-8-19-16/h2-10,21H,1H3. The lowest BCUT2D eigenvalue weighted by Crippen LogP contribution is -2.09. The Hall–Kier alpha value is -2.20. The first-order valence-corrected chi connectivity index (χ1v) is 6.94. The number of nitrogens with one attached hydrogen (secondary N) is 1. The van der Waals surface area contributed by atoms with Gasteiger partial charge in [0, 0.05) is 17.3 Å². The molecule has 2 heterocycles. The SMILES string of the molecule is CC(Nc1ccc(Cl)c2ncccc12)c1ccc(F)cn1. The molecule has 0 saturated heterocycles. The van der Waals surface area contributed by atoms with Crippen LogP contribution < -0.4 is 5.32 Å². The summed E-state index contributed by atoms with van der Waals surface area (Å²) < 4.78 is 12.9. The summed E-state index contributed by atoms with van der Waals surface area (Å²) in [5.41, 5.74) is 2.44. The normalized spacial score (nSPS) is 12.3. The van der Waals surface area contributed by atoms with Crippen molar-refractivity contribution in [1.82, 2.24) is 9.97 Å². The number of rotatable bonds is 3. The van der Waals surface area contributed by atoms with E-state index in [9.17, 15) is 4.39 Å². The number of hydrogen-bond donors (Lipinski definition) is 1. The zero-order valence-electron chi connectivity index (χ0n) is 11.3. The van der Waals surface area contributed by atoms with Crippen molar-refractivity contribution in [2.45, 2.75) is 13.0 Å². The number of halogens is 2. The van der Waals surface area contributed by atoms with Crippen molar-refractivity contribution >= 4 is 28.2 Å². The minimum absolute atomic E-state index is 0.0600. The number of pyridine rings is 2. The van der Waals surface area contributed by atoms with E-state index in [1.807, 2.05) is 31.2 Å². The highest BCUT2D eigenvalue weighted by atomic mass is 35.5. The van der Waals surface area contributed by atoms with E-state index in [0.29, 0.717) is 5.02 Å². The molecule has 1 unspecified atom stereocenters. The molecule has 1 aromatic carbocycles. The Balaban J connectivity index is 1.95. The van der Waals surface area contributed by atoms with Gasteiger partial charge in [0.15, 0.2) is 0 Å². The Labute approximate surface area is 126 Å². The van der Waals surface area contributed by atoms with Gasteiger partial charge in [0.1, 0.15) is 5.82 Å². The zero-order chi connectivity index (χ0) is 14.8. The van der Waals surface area contributed by atoms with Gasteiger partial charge in [-0.25, -0.2) is 4.39 Å². The van der Waals surface area contributed by atoms with Crippen LogP contribution in [0.15, 0.2) is 48.8 Å². The molecule has 1 atom stereocenters. The van der Waals surface area contributed by atoms with Crippen LogP contribution in [0.4, 0.5) is 10.1 Å². The third-order valence-corrected chi connectivity index (χ3v) is 3.59. The molecule has 3 rings (SSSR count). The minimum Gasteiger partial charge on any atom is -0.376 e. The topological polar surface area (TPSA) is 37.8 Å². The maximum absolute atomic E-state index is 12.9. The summed E-state index contributed by atoms with van der Waals surface area (Å²) in [4.78, 5) is 8.39. The van der Waals surface area contributed by atoms with Crippen molar-refractivity contribution in [3.05, 3.63) is 65.3 Å². The fraction of sp³-hybridized carbons (Fsp3) is 0.125. The van der Waals surface area contributed by atoms with Gasteiger partial charge in [-0.2, -0.15) is 0 Å². The summed E-state index contributed by atoms with van der Waals surface area (Å²) in [6.07, 6.45) is 2.93.